The maximum Gasteiger partial charge on any atom is 0.317 e. The van der Waals surface area contributed by atoms with Gasteiger partial charge in [-0.05, 0) is 32.6 Å². The third-order valence-corrected chi connectivity index (χ3v) is 3.54. The number of nitrogens with zero attached hydrogens (tertiary/aromatic N) is 3. The molecule has 1 saturated heterocycles. The van der Waals surface area contributed by atoms with Gasteiger partial charge < -0.3 is 14.7 Å². The summed E-state index contributed by atoms with van der Waals surface area (Å²) >= 11 is 0. The van der Waals surface area contributed by atoms with Crippen LogP contribution in [0.3, 0.4) is 0 Å². The van der Waals surface area contributed by atoms with E-state index in [-0.39, 0.29) is 6.03 Å². The van der Waals surface area contributed by atoms with Crippen LogP contribution in [0.5, 0.6) is 0 Å². The fraction of sp³-hybridized carbons (Fsp3) is 0.769. The van der Waals surface area contributed by atoms with Gasteiger partial charge in [-0.2, -0.15) is 4.98 Å². The minimum Gasteiger partial charge on any atom is -0.339 e. The van der Waals surface area contributed by atoms with E-state index in [4.69, 9.17) is 4.52 Å². The van der Waals surface area contributed by atoms with Crippen molar-refractivity contribution in [3.8, 4) is 0 Å². The summed E-state index contributed by atoms with van der Waals surface area (Å²) < 4.78 is 5.01. The second kappa shape index (κ2) is 6.54. The molecule has 1 N–H and O–H groups in total. The van der Waals surface area contributed by atoms with Crippen molar-refractivity contribution in [2.24, 2.45) is 0 Å². The van der Waals surface area contributed by atoms with Crippen molar-refractivity contribution >= 4 is 6.03 Å². The van der Waals surface area contributed by atoms with E-state index in [1.165, 1.54) is 6.42 Å². The molecule has 0 saturated carbocycles. The molecule has 1 aromatic rings. The Morgan fingerprint density at radius 2 is 2.37 bits per heavy atom. The van der Waals surface area contributed by atoms with Gasteiger partial charge in [-0.25, -0.2) is 4.79 Å². The van der Waals surface area contributed by atoms with E-state index in [0.717, 1.165) is 25.8 Å². The van der Waals surface area contributed by atoms with Crippen LogP contribution in [0.4, 0.5) is 4.79 Å². The molecule has 6 nitrogen and oxygen atoms in total. The molecule has 19 heavy (non-hydrogen) atoms. The van der Waals surface area contributed by atoms with Gasteiger partial charge in [0.1, 0.15) is 0 Å². The number of piperidine rings is 1. The van der Waals surface area contributed by atoms with Crippen LogP contribution in [0.25, 0.3) is 0 Å². The molecule has 1 atom stereocenters. The number of nitrogens with one attached hydrogen (secondary N) is 1. The first-order valence-electron chi connectivity index (χ1n) is 7.04. The molecular formula is C13H22N4O2. The summed E-state index contributed by atoms with van der Waals surface area (Å²) in [5, 5.41) is 6.65. The number of hydrogen-bond acceptors (Lipinski definition) is 4. The fourth-order valence-electron chi connectivity index (χ4n) is 2.51. The summed E-state index contributed by atoms with van der Waals surface area (Å²) in [6, 6.07) is 0.419. The Balaban J connectivity index is 1.77. The van der Waals surface area contributed by atoms with Crippen molar-refractivity contribution in [2.75, 3.05) is 13.1 Å². The molecule has 106 valence electrons. The van der Waals surface area contributed by atoms with Gasteiger partial charge in [-0.15, -0.1) is 0 Å². The average Bonchev–Trinajstić information content (AvgIpc) is 2.84. The van der Waals surface area contributed by atoms with E-state index < -0.39 is 0 Å². The van der Waals surface area contributed by atoms with Crippen molar-refractivity contribution in [2.45, 2.75) is 52.0 Å². The molecule has 1 aliphatic rings. The summed E-state index contributed by atoms with van der Waals surface area (Å²) in [6.07, 6.45) is 5.05. The first kappa shape index (κ1) is 13.8. The summed E-state index contributed by atoms with van der Waals surface area (Å²) in [6.45, 7) is 5.32. The Bertz CT molecular complexity index is 419. The van der Waals surface area contributed by atoms with Crippen LogP contribution in [0.15, 0.2) is 4.52 Å². The zero-order chi connectivity index (χ0) is 13.7. The number of hydrogen-bond donors (Lipinski definition) is 1. The molecule has 2 rings (SSSR count). The molecule has 0 bridgehead atoms. The molecule has 0 radical (unpaired) electrons. The maximum absolute atomic E-state index is 12.1. The predicted molar refractivity (Wildman–Crippen MR) is 70.8 cm³/mol. The lowest BCUT2D eigenvalue weighted by Crippen LogP contribution is -2.48. The summed E-state index contributed by atoms with van der Waals surface area (Å²) in [4.78, 5) is 18.2. The van der Waals surface area contributed by atoms with Gasteiger partial charge in [0.2, 0.25) is 5.89 Å². The Morgan fingerprint density at radius 3 is 3.05 bits per heavy atom. The first-order valence-corrected chi connectivity index (χ1v) is 7.04. The van der Waals surface area contributed by atoms with Crippen molar-refractivity contribution < 1.29 is 9.32 Å². The molecule has 1 fully saturated rings. The highest BCUT2D eigenvalue weighted by molar-refractivity contribution is 5.74. The molecule has 1 unspecified atom stereocenters. The van der Waals surface area contributed by atoms with Crippen molar-refractivity contribution in [3.63, 3.8) is 0 Å². The summed E-state index contributed by atoms with van der Waals surface area (Å²) in [7, 11) is 0. The molecule has 2 amide bonds. The van der Waals surface area contributed by atoms with Crippen molar-refractivity contribution in [1.82, 2.24) is 20.4 Å². The lowest BCUT2D eigenvalue weighted by atomic mass is 10.0. The Labute approximate surface area is 113 Å². The van der Waals surface area contributed by atoms with Gasteiger partial charge in [0, 0.05) is 25.6 Å². The fourth-order valence-corrected chi connectivity index (χ4v) is 2.51. The molecular weight excluding hydrogens is 244 g/mol. The number of urea groups is 1. The van der Waals surface area contributed by atoms with E-state index in [0.29, 0.717) is 30.7 Å². The standard InChI is InChI=1S/C13H22N4O2/c1-3-11-6-4-5-9-17(11)13(18)14-8-7-12-15-10(2)16-19-12/h11H,3-9H2,1-2H3,(H,14,18). The van der Waals surface area contributed by atoms with E-state index in [9.17, 15) is 4.79 Å². The highest BCUT2D eigenvalue weighted by atomic mass is 16.5. The van der Waals surface area contributed by atoms with Gasteiger partial charge in [-0.1, -0.05) is 12.1 Å². The highest BCUT2D eigenvalue weighted by Gasteiger charge is 2.24. The van der Waals surface area contributed by atoms with Crippen LogP contribution in [-0.4, -0.2) is 40.2 Å². The summed E-state index contributed by atoms with van der Waals surface area (Å²) in [5.74, 6) is 1.20. The molecule has 0 aliphatic carbocycles. The lowest BCUT2D eigenvalue weighted by Gasteiger charge is -2.35. The van der Waals surface area contributed by atoms with Crippen LogP contribution >= 0.6 is 0 Å². The number of rotatable bonds is 4. The monoisotopic (exact) mass is 266 g/mol. The zero-order valence-electron chi connectivity index (χ0n) is 11.7. The Hall–Kier alpha value is -1.59. The largest absolute Gasteiger partial charge is 0.339 e. The van der Waals surface area contributed by atoms with Crippen LogP contribution < -0.4 is 5.32 Å². The number of amides is 2. The minimum absolute atomic E-state index is 0.0304. The van der Waals surface area contributed by atoms with Crippen molar-refractivity contribution in [1.29, 1.82) is 0 Å². The quantitative estimate of drug-likeness (QED) is 0.903. The zero-order valence-corrected chi connectivity index (χ0v) is 11.7. The third kappa shape index (κ3) is 3.68. The van der Waals surface area contributed by atoms with Crippen LogP contribution in [-0.2, 0) is 6.42 Å². The number of likely N-dealkylation sites (tertiary alicyclic amines) is 1. The molecule has 0 spiro atoms. The van der Waals surface area contributed by atoms with Crippen LogP contribution in [0, 0.1) is 6.92 Å². The highest BCUT2D eigenvalue weighted by Crippen LogP contribution is 2.19. The second-order valence-electron chi connectivity index (χ2n) is 4.97. The SMILES string of the molecule is CCC1CCCCN1C(=O)NCCc1nc(C)no1. The number of carbonyl (C=O) groups is 1. The smallest absolute Gasteiger partial charge is 0.317 e. The van der Waals surface area contributed by atoms with Gasteiger partial charge in [0.15, 0.2) is 5.82 Å². The minimum atomic E-state index is 0.0304. The van der Waals surface area contributed by atoms with Crippen LogP contribution in [0.2, 0.25) is 0 Å². The summed E-state index contributed by atoms with van der Waals surface area (Å²) in [5.41, 5.74) is 0. The van der Waals surface area contributed by atoms with Gasteiger partial charge in [-0.3, -0.25) is 0 Å². The van der Waals surface area contributed by atoms with Gasteiger partial charge in [0.05, 0.1) is 0 Å². The number of aryl methyl sites for hydroxylation is 1. The van der Waals surface area contributed by atoms with Gasteiger partial charge >= 0.3 is 6.03 Å². The normalized spacial score (nSPS) is 19.5. The third-order valence-electron chi connectivity index (χ3n) is 3.54. The predicted octanol–water partition coefficient (Wildman–Crippen LogP) is 1.89. The first-order chi connectivity index (χ1) is 9.20. The number of carbonyl (C=O) groups excluding carboxylic acids is 1. The van der Waals surface area contributed by atoms with Crippen LogP contribution in [0.1, 0.15) is 44.3 Å². The van der Waals surface area contributed by atoms with E-state index in [1.807, 2.05) is 4.90 Å². The molecule has 1 aromatic heterocycles. The molecule has 2 heterocycles. The molecule has 6 heteroatoms. The lowest BCUT2D eigenvalue weighted by molar-refractivity contribution is 0.149. The number of aromatic nitrogens is 2. The average molecular weight is 266 g/mol. The topological polar surface area (TPSA) is 71.3 Å². The van der Waals surface area contributed by atoms with E-state index in [2.05, 4.69) is 22.4 Å². The molecule has 0 aromatic carbocycles. The van der Waals surface area contributed by atoms with E-state index >= 15 is 0 Å². The maximum atomic E-state index is 12.1. The second-order valence-corrected chi connectivity index (χ2v) is 4.97. The van der Waals surface area contributed by atoms with Crippen molar-refractivity contribution in [3.05, 3.63) is 11.7 Å². The Kier molecular flexibility index (Phi) is 4.76. The van der Waals surface area contributed by atoms with E-state index in [1.54, 1.807) is 6.92 Å². The van der Waals surface area contributed by atoms with Gasteiger partial charge in [0.25, 0.3) is 0 Å². The molecule has 1 aliphatic heterocycles. The Morgan fingerprint density at radius 1 is 1.53 bits per heavy atom.